The number of alkyl carbamates (subject to hydrolysis) is 1. The molecular weight excluding hydrogens is 512 g/mol. The molecule has 0 aliphatic heterocycles. The van der Waals surface area contributed by atoms with Crippen LogP contribution in [0.25, 0.3) is 0 Å². The predicted molar refractivity (Wildman–Crippen MR) is 137 cm³/mol. The van der Waals surface area contributed by atoms with Crippen molar-refractivity contribution in [1.82, 2.24) is 5.32 Å². The van der Waals surface area contributed by atoms with Gasteiger partial charge in [0.15, 0.2) is 0 Å². The molecule has 0 fully saturated rings. The minimum absolute atomic E-state index is 0.0299. The number of aryl methyl sites for hydroxylation is 2. The molecule has 0 radical (unpaired) electrons. The molecule has 0 saturated carbocycles. The summed E-state index contributed by atoms with van der Waals surface area (Å²) in [6.07, 6.45) is -1.18. The molecule has 0 aliphatic rings. The Labute approximate surface area is 213 Å². The van der Waals surface area contributed by atoms with Crippen LogP contribution in [0, 0.1) is 13.8 Å². The first-order valence-corrected chi connectivity index (χ1v) is 11.9. The maximum Gasteiger partial charge on any atom is 0.408 e. The van der Waals surface area contributed by atoms with Crippen LogP contribution in [0.15, 0.2) is 77.3 Å². The fourth-order valence-electron chi connectivity index (χ4n) is 3.18. The van der Waals surface area contributed by atoms with Gasteiger partial charge >= 0.3 is 12.1 Å². The number of rotatable bonds is 9. The highest BCUT2D eigenvalue weighted by atomic mass is 79.9. The topological polar surface area (TPSA) is 93.7 Å². The van der Waals surface area contributed by atoms with E-state index in [1.54, 1.807) is 0 Å². The van der Waals surface area contributed by atoms with E-state index >= 15 is 0 Å². The quantitative estimate of drug-likeness (QED) is 0.354. The molecule has 3 rings (SSSR count). The van der Waals surface area contributed by atoms with E-state index < -0.39 is 24.0 Å². The highest BCUT2D eigenvalue weighted by Crippen LogP contribution is 2.26. The highest BCUT2D eigenvalue weighted by Gasteiger charge is 2.26. The molecule has 1 atom stereocenters. The number of hydrogen-bond donors (Lipinski definition) is 2. The minimum Gasteiger partial charge on any atom is -0.461 e. The van der Waals surface area contributed by atoms with E-state index in [1.807, 2.05) is 86.6 Å². The van der Waals surface area contributed by atoms with Crippen molar-refractivity contribution in [3.63, 3.8) is 0 Å². The van der Waals surface area contributed by atoms with Crippen molar-refractivity contribution >= 4 is 39.6 Å². The van der Waals surface area contributed by atoms with Gasteiger partial charge in [-0.1, -0.05) is 60.7 Å². The first-order valence-electron chi connectivity index (χ1n) is 11.1. The van der Waals surface area contributed by atoms with E-state index in [9.17, 15) is 14.4 Å². The molecule has 7 nitrogen and oxygen atoms in total. The van der Waals surface area contributed by atoms with Crippen molar-refractivity contribution in [2.45, 2.75) is 39.5 Å². The van der Waals surface area contributed by atoms with E-state index in [-0.39, 0.29) is 19.6 Å². The number of carbonyl (C=O) groups is 3. The van der Waals surface area contributed by atoms with Gasteiger partial charge in [0.2, 0.25) is 5.91 Å². The van der Waals surface area contributed by atoms with Crippen LogP contribution in [0.5, 0.6) is 0 Å². The molecule has 0 heterocycles. The zero-order valence-electron chi connectivity index (χ0n) is 19.5. The molecule has 0 aromatic heterocycles. The monoisotopic (exact) mass is 538 g/mol. The summed E-state index contributed by atoms with van der Waals surface area (Å²) in [7, 11) is 0. The van der Waals surface area contributed by atoms with Crippen LogP contribution in [-0.4, -0.2) is 24.0 Å². The molecule has 0 saturated heterocycles. The van der Waals surface area contributed by atoms with E-state index in [4.69, 9.17) is 9.47 Å². The molecule has 35 heavy (non-hydrogen) atoms. The van der Waals surface area contributed by atoms with Crippen molar-refractivity contribution in [3.8, 4) is 0 Å². The van der Waals surface area contributed by atoms with Gasteiger partial charge in [-0.2, -0.15) is 0 Å². The van der Waals surface area contributed by atoms with Crippen LogP contribution in [0.4, 0.5) is 10.5 Å². The number of ether oxygens (including phenoxy) is 2. The Morgan fingerprint density at radius 3 is 1.97 bits per heavy atom. The van der Waals surface area contributed by atoms with Crippen molar-refractivity contribution < 1.29 is 23.9 Å². The molecule has 0 spiro atoms. The normalized spacial score (nSPS) is 11.3. The minimum atomic E-state index is -1.20. The van der Waals surface area contributed by atoms with Gasteiger partial charge in [-0.3, -0.25) is 9.59 Å². The van der Waals surface area contributed by atoms with Crippen LogP contribution in [0.1, 0.15) is 28.7 Å². The molecule has 3 aromatic rings. The van der Waals surface area contributed by atoms with Crippen molar-refractivity contribution in [2.24, 2.45) is 0 Å². The third kappa shape index (κ3) is 8.26. The summed E-state index contributed by atoms with van der Waals surface area (Å²) in [6, 6.07) is 20.8. The van der Waals surface area contributed by atoms with Crippen LogP contribution in [-0.2, 0) is 32.3 Å². The van der Waals surface area contributed by atoms with Gasteiger partial charge in [0.25, 0.3) is 0 Å². The van der Waals surface area contributed by atoms with Gasteiger partial charge in [-0.25, -0.2) is 4.79 Å². The molecule has 2 amide bonds. The molecule has 182 valence electrons. The zero-order valence-corrected chi connectivity index (χ0v) is 21.1. The molecule has 0 bridgehead atoms. The average molecular weight is 539 g/mol. The Balaban J connectivity index is 1.67. The summed E-state index contributed by atoms with van der Waals surface area (Å²) in [6.45, 7) is 3.98. The van der Waals surface area contributed by atoms with Crippen molar-refractivity contribution in [3.05, 3.63) is 99.5 Å². The Morgan fingerprint density at radius 1 is 0.829 bits per heavy atom. The van der Waals surface area contributed by atoms with Gasteiger partial charge < -0.3 is 20.1 Å². The Kier molecular flexibility index (Phi) is 9.43. The standard InChI is InChI=1S/C27H27BrN2O5/c1-18-13-22(28)23(14-19(18)2)29-26(32)24(15-25(31)34-16-20-9-5-3-6-10-20)30-27(33)35-17-21-11-7-4-8-12-21/h3-14,24H,15-17H2,1-2H3,(H,29,32)(H,30,33)/t24-/m1/s1. The molecule has 0 unspecified atom stereocenters. The fraction of sp³-hybridized carbons (Fsp3) is 0.222. The van der Waals surface area contributed by atoms with E-state index in [0.29, 0.717) is 10.2 Å². The molecule has 8 heteroatoms. The summed E-state index contributed by atoms with van der Waals surface area (Å²) < 4.78 is 11.2. The zero-order chi connectivity index (χ0) is 25.2. The van der Waals surface area contributed by atoms with E-state index in [0.717, 1.165) is 22.3 Å². The summed E-state index contributed by atoms with van der Waals surface area (Å²) in [5, 5.41) is 5.27. The maximum absolute atomic E-state index is 13.1. The Bertz CT molecular complexity index is 1110. The van der Waals surface area contributed by atoms with Gasteiger partial charge in [-0.05, 0) is 64.2 Å². The van der Waals surface area contributed by atoms with Gasteiger partial charge in [-0.15, -0.1) is 0 Å². The Morgan fingerprint density at radius 2 is 1.37 bits per heavy atom. The van der Waals surface area contributed by atoms with Gasteiger partial charge in [0, 0.05) is 4.47 Å². The number of halogens is 1. The van der Waals surface area contributed by atoms with E-state index in [2.05, 4.69) is 26.6 Å². The molecule has 3 aromatic carbocycles. The second-order valence-electron chi connectivity index (χ2n) is 8.01. The molecule has 0 aliphatic carbocycles. The lowest BCUT2D eigenvalue weighted by molar-refractivity contribution is -0.146. The number of amides is 2. The first kappa shape index (κ1) is 26.0. The summed E-state index contributed by atoms with van der Waals surface area (Å²) in [5.74, 6) is -1.20. The largest absolute Gasteiger partial charge is 0.461 e. The molecular formula is C27H27BrN2O5. The smallest absolute Gasteiger partial charge is 0.408 e. The van der Waals surface area contributed by atoms with Crippen LogP contribution in [0.2, 0.25) is 0 Å². The number of esters is 1. The third-order valence-electron chi connectivity index (χ3n) is 5.28. The SMILES string of the molecule is Cc1cc(Br)c(NC(=O)[C@@H](CC(=O)OCc2ccccc2)NC(=O)OCc2ccccc2)cc1C. The number of nitrogens with one attached hydrogen (secondary N) is 2. The van der Waals surface area contributed by atoms with Crippen molar-refractivity contribution in [1.29, 1.82) is 0 Å². The number of anilines is 1. The van der Waals surface area contributed by atoms with Gasteiger partial charge in [0.05, 0.1) is 12.1 Å². The summed E-state index contributed by atoms with van der Waals surface area (Å²) >= 11 is 3.44. The van der Waals surface area contributed by atoms with E-state index in [1.165, 1.54) is 0 Å². The lowest BCUT2D eigenvalue weighted by Crippen LogP contribution is -2.45. The second kappa shape index (κ2) is 12.7. The average Bonchev–Trinajstić information content (AvgIpc) is 2.85. The summed E-state index contributed by atoms with van der Waals surface area (Å²) in [5.41, 5.74) is 4.18. The van der Waals surface area contributed by atoms with Crippen molar-refractivity contribution in [2.75, 3.05) is 5.32 Å². The highest BCUT2D eigenvalue weighted by molar-refractivity contribution is 9.10. The number of benzene rings is 3. The summed E-state index contributed by atoms with van der Waals surface area (Å²) in [4.78, 5) is 38.0. The van der Waals surface area contributed by atoms with Gasteiger partial charge in [0.1, 0.15) is 19.3 Å². The number of carbonyl (C=O) groups excluding carboxylic acids is 3. The lowest BCUT2D eigenvalue weighted by atomic mass is 10.1. The number of hydrogen-bond acceptors (Lipinski definition) is 5. The van der Waals surface area contributed by atoms with Crippen LogP contribution in [0.3, 0.4) is 0 Å². The predicted octanol–water partition coefficient (Wildman–Crippen LogP) is 5.43. The first-order chi connectivity index (χ1) is 16.8. The van der Waals surface area contributed by atoms with Crippen LogP contribution < -0.4 is 10.6 Å². The van der Waals surface area contributed by atoms with Crippen LogP contribution >= 0.6 is 15.9 Å². The molecule has 2 N–H and O–H groups in total. The third-order valence-corrected chi connectivity index (χ3v) is 5.93. The second-order valence-corrected chi connectivity index (χ2v) is 8.87. The lowest BCUT2D eigenvalue weighted by Gasteiger charge is -2.19. The Hall–Kier alpha value is -3.65. The fourth-order valence-corrected chi connectivity index (χ4v) is 3.73. The maximum atomic E-state index is 13.1.